The Morgan fingerprint density at radius 1 is 0.949 bits per heavy atom. The number of pyridine rings is 3. The van der Waals surface area contributed by atoms with Crippen molar-refractivity contribution in [2.75, 3.05) is 5.32 Å². The number of hydrogen-bond donors (Lipinski definition) is 3. The first-order chi connectivity index (χ1) is 18.7. The van der Waals surface area contributed by atoms with Gasteiger partial charge in [-0.05, 0) is 43.3 Å². The highest BCUT2D eigenvalue weighted by Gasteiger charge is 2.22. The minimum Gasteiger partial charge on any atom is -0.352 e. The molecule has 0 aliphatic heterocycles. The summed E-state index contributed by atoms with van der Waals surface area (Å²) in [5.41, 5.74) is 6.34. The molecule has 0 spiro atoms. The lowest BCUT2D eigenvalue weighted by Gasteiger charge is -2.17. The predicted octanol–water partition coefficient (Wildman–Crippen LogP) is 6.48. The van der Waals surface area contributed by atoms with Crippen molar-refractivity contribution in [1.82, 2.24) is 30.1 Å². The summed E-state index contributed by atoms with van der Waals surface area (Å²) in [7, 11) is 0. The fourth-order valence-corrected chi connectivity index (χ4v) is 5.19. The Balaban J connectivity index is 1.39. The smallest absolute Gasteiger partial charge is 0.229 e. The Bertz CT molecular complexity index is 1890. The molecule has 6 aromatic rings. The van der Waals surface area contributed by atoms with Gasteiger partial charge in [-0.25, -0.2) is 4.98 Å². The van der Waals surface area contributed by atoms with E-state index in [-0.39, 0.29) is 11.7 Å². The number of anilines is 1. The van der Waals surface area contributed by atoms with Gasteiger partial charge in [0, 0.05) is 39.2 Å². The van der Waals surface area contributed by atoms with E-state index < -0.39 is 5.41 Å². The molecule has 6 rings (SSSR count). The summed E-state index contributed by atoms with van der Waals surface area (Å²) in [4.78, 5) is 43.0. The number of Topliss-reactive ketones (excluding diaryl/α,β-unsaturated/α-hetero) is 1. The molecule has 0 bridgehead atoms. The normalized spacial score (nSPS) is 11.8. The third-order valence-corrected chi connectivity index (χ3v) is 7.62. The van der Waals surface area contributed by atoms with Gasteiger partial charge in [-0.2, -0.15) is 5.10 Å². The number of hydrogen-bond acceptors (Lipinski definition) is 7. The first-order valence-electron chi connectivity index (χ1n) is 12.4. The van der Waals surface area contributed by atoms with E-state index in [1.807, 2.05) is 63.4 Å². The Hall–Kier alpha value is -4.70. The molecule has 0 unspecified atom stereocenters. The number of carbonyl (C=O) groups excluding carboxylic acids is 2. The number of carbonyl (C=O) groups is 2. The number of nitrogens with one attached hydrogen (secondary N) is 3. The van der Waals surface area contributed by atoms with Gasteiger partial charge in [0.1, 0.15) is 11.2 Å². The maximum Gasteiger partial charge on any atom is 0.229 e. The van der Waals surface area contributed by atoms with Crippen molar-refractivity contribution in [1.29, 1.82) is 0 Å². The Kier molecular flexibility index (Phi) is 5.84. The van der Waals surface area contributed by atoms with Crippen LogP contribution in [0.15, 0.2) is 61.2 Å². The highest BCUT2D eigenvalue weighted by Crippen LogP contribution is 2.36. The van der Waals surface area contributed by atoms with Gasteiger partial charge in [0.15, 0.2) is 5.78 Å². The highest BCUT2D eigenvalue weighted by atomic mass is 32.1. The van der Waals surface area contributed by atoms with Gasteiger partial charge in [0.05, 0.1) is 45.4 Å². The largest absolute Gasteiger partial charge is 0.352 e. The van der Waals surface area contributed by atoms with Gasteiger partial charge in [-0.1, -0.05) is 20.8 Å². The van der Waals surface area contributed by atoms with E-state index in [0.717, 1.165) is 38.1 Å². The topological polar surface area (TPSA) is 129 Å². The molecule has 6 heterocycles. The van der Waals surface area contributed by atoms with Crippen molar-refractivity contribution < 1.29 is 9.59 Å². The van der Waals surface area contributed by atoms with Crippen LogP contribution < -0.4 is 5.32 Å². The van der Waals surface area contributed by atoms with Gasteiger partial charge < -0.3 is 10.3 Å². The number of fused-ring (bicyclic) bond motifs is 2. The molecule has 0 fully saturated rings. The number of ketones is 1. The Labute approximate surface area is 227 Å². The van der Waals surface area contributed by atoms with E-state index in [4.69, 9.17) is 4.98 Å². The van der Waals surface area contributed by atoms with E-state index >= 15 is 0 Å². The van der Waals surface area contributed by atoms with Gasteiger partial charge in [0.25, 0.3) is 0 Å². The van der Waals surface area contributed by atoms with E-state index in [9.17, 15) is 9.59 Å². The van der Waals surface area contributed by atoms with Crippen molar-refractivity contribution in [3.05, 3.63) is 66.1 Å². The van der Waals surface area contributed by atoms with Crippen LogP contribution in [0.4, 0.5) is 5.69 Å². The molecule has 6 aromatic heterocycles. The molecular formula is C29H25N7O2S. The number of rotatable bonds is 5. The van der Waals surface area contributed by atoms with Crippen molar-refractivity contribution >= 4 is 50.7 Å². The third kappa shape index (κ3) is 4.59. The first kappa shape index (κ1) is 24.6. The second kappa shape index (κ2) is 9.25. The first-order valence-corrected chi connectivity index (χ1v) is 13.2. The molecule has 39 heavy (non-hydrogen) atoms. The van der Waals surface area contributed by atoms with Crippen LogP contribution in [0.25, 0.3) is 55.0 Å². The van der Waals surface area contributed by atoms with Crippen LogP contribution in [-0.4, -0.2) is 41.8 Å². The van der Waals surface area contributed by atoms with Crippen LogP contribution in [0.5, 0.6) is 0 Å². The quantitative estimate of drug-likeness (QED) is 0.217. The minimum atomic E-state index is -0.521. The Morgan fingerprint density at radius 3 is 2.54 bits per heavy atom. The van der Waals surface area contributed by atoms with Crippen LogP contribution >= 0.6 is 11.3 Å². The number of nitrogens with zero attached hydrogens (tertiary/aromatic N) is 4. The number of aromatic amines is 2. The summed E-state index contributed by atoms with van der Waals surface area (Å²) in [6.45, 7) is 7.16. The second-order valence-electron chi connectivity index (χ2n) is 10.4. The third-order valence-electron chi connectivity index (χ3n) is 6.40. The predicted molar refractivity (Wildman–Crippen MR) is 154 cm³/mol. The summed E-state index contributed by atoms with van der Waals surface area (Å²) in [6.07, 6.45) is 6.93. The summed E-state index contributed by atoms with van der Waals surface area (Å²) in [5.74, 6) is -0.0435. The summed E-state index contributed by atoms with van der Waals surface area (Å²) in [6, 6.07) is 11.5. The van der Waals surface area contributed by atoms with Crippen LogP contribution in [0.3, 0.4) is 0 Å². The van der Waals surface area contributed by atoms with Crippen LogP contribution in [-0.2, 0) is 4.79 Å². The zero-order valence-corrected chi connectivity index (χ0v) is 22.6. The van der Waals surface area contributed by atoms with Crippen molar-refractivity contribution in [2.45, 2.75) is 27.7 Å². The number of H-pyrrole nitrogens is 2. The highest BCUT2D eigenvalue weighted by molar-refractivity contribution is 7.17. The van der Waals surface area contributed by atoms with E-state index in [2.05, 4.69) is 30.5 Å². The lowest BCUT2D eigenvalue weighted by molar-refractivity contribution is -0.123. The summed E-state index contributed by atoms with van der Waals surface area (Å²) >= 11 is 1.45. The Morgan fingerprint density at radius 2 is 1.77 bits per heavy atom. The molecule has 10 heteroatoms. The number of thiophene rings is 1. The molecule has 194 valence electrons. The molecule has 0 atom stereocenters. The average Bonchev–Trinajstić information content (AvgIpc) is 3.65. The molecule has 0 aromatic carbocycles. The molecule has 0 saturated heterocycles. The van der Waals surface area contributed by atoms with E-state index in [0.29, 0.717) is 27.5 Å². The second-order valence-corrected chi connectivity index (χ2v) is 11.5. The molecule has 0 saturated carbocycles. The van der Waals surface area contributed by atoms with Gasteiger partial charge in [-0.15, -0.1) is 11.3 Å². The molecule has 0 aliphatic carbocycles. The lowest BCUT2D eigenvalue weighted by Crippen LogP contribution is -2.27. The summed E-state index contributed by atoms with van der Waals surface area (Å²) < 4.78 is 0. The fourth-order valence-electron chi connectivity index (χ4n) is 4.26. The molecule has 3 N–H and O–H groups in total. The monoisotopic (exact) mass is 535 g/mol. The molecule has 0 radical (unpaired) electrons. The van der Waals surface area contributed by atoms with E-state index in [1.165, 1.54) is 11.3 Å². The molecular weight excluding hydrogens is 510 g/mol. The van der Waals surface area contributed by atoms with Crippen LogP contribution in [0, 0.1) is 5.41 Å². The van der Waals surface area contributed by atoms with Crippen molar-refractivity contribution in [3.8, 4) is 33.1 Å². The standard InChI is InChI=1S/C29H25N7O2S/c1-15(37)24-7-8-25(39-24)19-13-31-14-23-18(19)10-22(33-23)27-26-21(35-36-27)6-5-20(34-26)16-9-17(12-30-11-16)32-28(38)29(2,3)4/h5-14,33H,1-4H3,(H,32,38)(H,35,36). The van der Waals surface area contributed by atoms with Crippen LogP contribution in [0.2, 0.25) is 0 Å². The van der Waals surface area contributed by atoms with Gasteiger partial charge >= 0.3 is 0 Å². The maximum atomic E-state index is 12.5. The zero-order chi connectivity index (χ0) is 27.3. The van der Waals surface area contributed by atoms with E-state index in [1.54, 1.807) is 25.5 Å². The zero-order valence-electron chi connectivity index (χ0n) is 21.8. The average molecular weight is 536 g/mol. The van der Waals surface area contributed by atoms with Crippen molar-refractivity contribution in [3.63, 3.8) is 0 Å². The number of aromatic nitrogens is 6. The summed E-state index contributed by atoms with van der Waals surface area (Å²) in [5, 5.41) is 11.5. The minimum absolute atomic E-state index is 0.0448. The fraction of sp³-hybridized carbons (Fsp3) is 0.172. The SMILES string of the molecule is CC(=O)c1ccc(-c2cncc3[nH]c(-c4n[nH]c5ccc(-c6cncc(NC(=O)C(C)(C)C)c6)nc45)cc23)s1. The van der Waals surface area contributed by atoms with Gasteiger partial charge in [0.2, 0.25) is 5.91 Å². The lowest BCUT2D eigenvalue weighted by atomic mass is 9.95. The van der Waals surface area contributed by atoms with Crippen molar-refractivity contribution in [2.24, 2.45) is 5.41 Å². The molecule has 9 nitrogen and oxygen atoms in total. The van der Waals surface area contributed by atoms with Crippen LogP contribution in [0.1, 0.15) is 37.4 Å². The molecule has 1 amide bonds. The number of amides is 1. The molecule has 0 aliphatic rings. The maximum absolute atomic E-state index is 12.5. The van der Waals surface area contributed by atoms with Gasteiger partial charge in [-0.3, -0.25) is 24.7 Å².